The number of ether oxygens (including phenoxy) is 1. The van der Waals surface area contributed by atoms with Crippen molar-refractivity contribution in [1.82, 2.24) is 4.31 Å². The van der Waals surface area contributed by atoms with Gasteiger partial charge in [0, 0.05) is 13.1 Å². The first-order valence-corrected chi connectivity index (χ1v) is 10.8. The van der Waals surface area contributed by atoms with Gasteiger partial charge in [0.2, 0.25) is 10.0 Å². The minimum atomic E-state index is -3.55. The Morgan fingerprint density at radius 3 is 2.50 bits per heavy atom. The van der Waals surface area contributed by atoms with Crippen LogP contribution >= 0.6 is 11.3 Å². The van der Waals surface area contributed by atoms with Crippen molar-refractivity contribution in [2.75, 3.05) is 25.0 Å². The quantitative estimate of drug-likeness (QED) is 0.718. The molecule has 28 heavy (non-hydrogen) atoms. The highest BCUT2D eigenvalue weighted by molar-refractivity contribution is 7.89. The van der Waals surface area contributed by atoms with Gasteiger partial charge in [0.1, 0.15) is 11.1 Å². The molecule has 0 atom stereocenters. The third-order valence-electron chi connectivity index (χ3n) is 4.17. The maximum absolute atomic E-state index is 12.5. The second-order valence-electron chi connectivity index (χ2n) is 6.04. The number of nitrogens with one attached hydrogen (secondary N) is 1. The minimum Gasteiger partial charge on any atom is -0.452 e. The highest BCUT2D eigenvalue weighted by Crippen LogP contribution is 2.22. The number of anilines is 1. The first-order chi connectivity index (χ1) is 13.4. The standard InChI is InChI=1S/C18H17N3O5S2/c19-11-14-7-10-27-17(14)20-16(22)12-26-18(23)13-3-5-15(6-4-13)28(24,25)21-8-1-2-9-21/h3-7,10H,1-2,8-9,12H2,(H,20,22). The molecule has 0 spiro atoms. The largest absolute Gasteiger partial charge is 0.452 e. The first kappa shape index (κ1) is 20.0. The molecular formula is C18H17N3O5S2. The van der Waals surface area contributed by atoms with Gasteiger partial charge in [0.25, 0.3) is 5.91 Å². The lowest BCUT2D eigenvalue weighted by atomic mass is 10.2. The molecule has 1 aromatic carbocycles. The van der Waals surface area contributed by atoms with Gasteiger partial charge >= 0.3 is 5.97 Å². The van der Waals surface area contributed by atoms with Gasteiger partial charge in [-0.25, -0.2) is 13.2 Å². The van der Waals surface area contributed by atoms with Crippen LogP contribution in [-0.4, -0.2) is 44.3 Å². The van der Waals surface area contributed by atoms with Crippen molar-refractivity contribution < 1.29 is 22.7 Å². The molecule has 1 aromatic heterocycles. The second-order valence-corrected chi connectivity index (χ2v) is 8.89. The van der Waals surface area contributed by atoms with E-state index in [-0.39, 0.29) is 10.5 Å². The van der Waals surface area contributed by atoms with E-state index in [1.807, 2.05) is 6.07 Å². The Balaban J connectivity index is 1.57. The zero-order valence-electron chi connectivity index (χ0n) is 14.8. The average molecular weight is 419 g/mol. The summed E-state index contributed by atoms with van der Waals surface area (Å²) in [4.78, 5) is 24.1. The predicted octanol–water partition coefficient (Wildman–Crippen LogP) is 2.20. The number of carbonyl (C=O) groups excluding carboxylic acids is 2. The number of hydrogen-bond acceptors (Lipinski definition) is 7. The fourth-order valence-electron chi connectivity index (χ4n) is 2.71. The summed E-state index contributed by atoms with van der Waals surface area (Å²) in [6.45, 7) is 0.480. The summed E-state index contributed by atoms with van der Waals surface area (Å²) in [7, 11) is -3.55. The summed E-state index contributed by atoms with van der Waals surface area (Å²) >= 11 is 1.19. The van der Waals surface area contributed by atoms with Crippen molar-refractivity contribution in [3.63, 3.8) is 0 Å². The van der Waals surface area contributed by atoms with Crippen LogP contribution in [0.5, 0.6) is 0 Å². The Labute approximate surface area is 166 Å². The third-order valence-corrected chi connectivity index (χ3v) is 6.91. The molecule has 1 N–H and O–H groups in total. The highest BCUT2D eigenvalue weighted by Gasteiger charge is 2.27. The number of sulfonamides is 1. The van der Waals surface area contributed by atoms with Crippen LogP contribution in [0.15, 0.2) is 40.6 Å². The van der Waals surface area contributed by atoms with E-state index in [9.17, 15) is 18.0 Å². The zero-order chi connectivity index (χ0) is 20.1. The molecule has 8 nitrogen and oxygen atoms in total. The highest BCUT2D eigenvalue weighted by atomic mass is 32.2. The molecule has 1 saturated heterocycles. The van der Waals surface area contributed by atoms with Crippen molar-refractivity contribution in [3.05, 3.63) is 46.8 Å². The van der Waals surface area contributed by atoms with Gasteiger partial charge in [-0.3, -0.25) is 4.79 Å². The Kier molecular flexibility index (Phi) is 6.08. The zero-order valence-corrected chi connectivity index (χ0v) is 16.4. The number of amides is 1. The van der Waals surface area contributed by atoms with Gasteiger partial charge < -0.3 is 10.1 Å². The van der Waals surface area contributed by atoms with Crippen LogP contribution in [0.3, 0.4) is 0 Å². The van der Waals surface area contributed by atoms with Crippen LogP contribution in [0.4, 0.5) is 5.00 Å². The predicted molar refractivity (Wildman–Crippen MR) is 102 cm³/mol. The molecule has 0 saturated carbocycles. The normalized spacial score (nSPS) is 14.4. The molecule has 0 aliphatic carbocycles. The SMILES string of the molecule is N#Cc1ccsc1NC(=O)COC(=O)c1ccc(S(=O)(=O)N2CCCC2)cc1. The van der Waals surface area contributed by atoms with Crippen LogP contribution in [0.25, 0.3) is 0 Å². The van der Waals surface area contributed by atoms with E-state index in [1.54, 1.807) is 11.4 Å². The second kappa shape index (κ2) is 8.52. The van der Waals surface area contributed by atoms with Crippen LogP contribution < -0.4 is 5.32 Å². The van der Waals surface area contributed by atoms with E-state index in [2.05, 4.69) is 5.32 Å². The summed E-state index contributed by atoms with van der Waals surface area (Å²) in [5.74, 6) is -1.31. The molecule has 0 unspecified atom stereocenters. The Bertz CT molecular complexity index is 1020. The fraction of sp³-hybridized carbons (Fsp3) is 0.278. The van der Waals surface area contributed by atoms with Gasteiger partial charge in [-0.1, -0.05) is 0 Å². The van der Waals surface area contributed by atoms with Crippen LogP contribution in [0.2, 0.25) is 0 Å². The molecule has 0 radical (unpaired) electrons. The van der Waals surface area contributed by atoms with Crippen LogP contribution in [-0.2, 0) is 19.6 Å². The first-order valence-electron chi connectivity index (χ1n) is 8.46. The van der Waals surface area contributed by atoms with E-state index >= 15 is 0 Å². The van der Waals surface area contributed by atoms with E-state index in [1.165, 1.54) is 39.9 Å². The van der Waals surface area contributed by atoms with Crippen molar-refractivity contribution in [2.24, 2.45) is 0 Å². The molecule has 2 aromatic rings. The Morgan fingerprint density at radius 1 is 1.18 bits per heavy atom. The van der Waals surface area contributed by atoms with E-state index in [4.69, 9.17) is 10.00 Å². The lowest BCUT2D eigenvalue weighted by Gasteiger charge is -2.15. The lowest BCUT2D eigenvalue weighted by molar-refractivity contribution is -0.119. The number of carbonyl (C=O) groups is 2. The smallest absolute Gasteiger partial charge is 0.338 e. The minimum absolute atomic E-state index is 0.116. The molecule has 1 aliphatic heterocycles. The number of esters is 1. The van der Waals surface area contributed by atoms with Crippen molar-refractivity contribution in [1.29, 1.82) is 5.26 Å². The monoisotopic (exact) mass is 419 g/mol. The average Bonchev–Trinajstić information content (AvgIpc) is 3.38. The lowest BCUT2D eigenvalue weighted by Crippen LogP contribution is -2.27. The van der Waals surface area contributed by atoms with Gasteiger partial charge in [-0.2, -0.15) is 9.57 Å². The van der Waals surface area contributed by atoms with Crippen molar-refractivity contribution in [3.8, 4) is 6.07 Å². The maximum atomic E-state index is 12.5. The summed E-state index contributed by atoms with van der Waals surface area (Å²) in [6, 6.07) is 8.95. The van der Waals surface area contributed by atoms with E-state index in [0.29, 0.717) is 23.7 Å². The summed E-state index contributed by atoms with van der Waals surface area (Å²) < 4.78 is 31.3. The van der Waals surface area contributed by atoms with Gasteiger partial charge in [-0.05, 0) is 48.6 Å². The topological polar surface area (TPSA) is 117 Å². The maximum Gasteiger partial charge on any atom is 0.338 e. The number of nitriles is 1. The molecular weight excluding hydrogens is 402 g/mol. The van der Waals surface area contributed by atoms with Crippen molar-refractivity contribution in [2.45, 2.75) is 17.7 Å². The molecule has 10 heteroatoms. The third kappa shape index (κ3) is 4.39. The summed E-state index contributed by atoms with van der Waals surface area (Å²) in [5, 5.41) is 13.5. The molecule has 3 rings (SSSR count). The summed E-state index contributed by atoms with van der Waals surface area (Å²) in [5.41, 5.74) is 0.474. The van der Waals surface area contributed by atoms with Gasteiger partial charge in [0.15, 0.2) is 6.61 Å². The number of hydrogen-bond donors (Lipinski definition) is 1. The molecule has 146 valence electrons. The van der Waals surface area contributed by atoms with Crippen LogP contribution in [0, 0.1) is 11.3 Å². The van der Waals surface area contributed by atoms with Gasteiger partial charge in [0.05, 0.1) is 16.0 Å². The number of thiophene rings is 1. The molecule has 0 bridgehead atoms. The molecule has 1 aliphatic rings. The number of nitrogens with zero attached hydrogens (tertiary/aromatic N) is 2. The van der Waals surface area contributed by atoms with Gasteiger partial charge in [-0.15, -0.1) is 11.3 Å². The Hall–Kier alpha value is -2.74. The fourth-order valence-corrected chi connectivity index (χ4v) is 4.98. The molecule has 1 fully saturated rings. The number of rotatable bonds is 6. The molecule has 1 amide bonds. The Morgan fingerprint density at radius 2 is 1.86 bits per heavy atom. The number of benzene rings is 1. The van der Waals surface area contributed by atoms with E-state index in [0.717, 1.165) is 12.8 Å². The molecule has 2 heterocycles. The van der Waals surface area contributed by atoms with Crippen LogP contribution in [0.1, 0.15) is 28.8 Å². The van der Waals surface area contributed by atoms with Crippen molar-refractivity contribution >= 4 is 38.2 Å². The summed E-state index contributed by atoms with van der Waals surface area (Å²) in [6.07, 6.45) is 1.68. The van der Waals surface area contributed by atoms with E-state index < -0.39 is 28.5 Å².